The Morgan fingerprint density at radius 1 is 1.26 bits per heavy atom. The van der Waals surface area contributed by atoms with E-state index in [4.69, 9.17) is 0 Å². The van der Waals surface area contributed by atoms with Gasteiger partial charge in [0.15, 0.2) is 0 Å². The molecule has 0 saturated heterocycles. The second kappa shape index (κ2) is 9.68. The molecule has 0 aliphatic carbocycles. The van der Waals surface area contributed by atoms with Crippen LogP contribution in [0.25, 0.3) is 6.08 Å². The van der Waals surface area contributed by atoms with Gasteiger partial charge in [-0.1, -0.05) is 30.3 Å². The van der Waals surface area contributed by atoms with E-state index < -0.39 is 23.8 Å². The smallest absolute Gasteiger partial charge is 0.268 e. The summed E-state index contributed by atoms with van der Waals surface area (Å²) in [5.41, 5.74) is 0.694. The Kier molecular flexibility index (Phi) is 7.90. The third kappa shape index (κ3) is 7.01. The maximum Gasteiger partial charge on any atom is 0.268 e. The zero-order chi connectivity index (χ0) is 17.2. The van der Waals surface area contributed by atoms with Crippen molar-refractivity contribution in [3.8, 4) is 0 Å². The highest BCUT2D eigenvalue weighted by molar-refractivity contribution is 7.98. The van der Waals surface area contributed by atoms with Gasteiger partial charge in [-0.2, -0.15) is 11.8 Å². The van der Waals surface area contributed by atoms with E-state index in [1.165, 1.54) is 24.8 Å². The number of rotatable bonds is 8. The van der Waals surface area contributed by atoms with Gasteiger partial charge in [-0.25, -0.2) is 0 Å². The number of carboxylic acids is 1. The van der Waals surface area contributed by atoms with Crippen LogP contribution in [0, 0.1) is 0 Å². The predicted octanol–water partition coefficient (Wildman–Crippen LogP) is 0.151. The van der Waals surface area contributed by atoms with E-state index >= 15 is 0 Å². The molecule has 1 aromatic carbocycles. The number of hydrogen-bond acceptors (Lipinski definition) is 5. The molecule has 0 spiro atoms. The Bertz CT molecular complexity index is 587. The van der Waals surface area contributed by atoms with Crippen LogP contribution in [-0.2, 0) is 14.4 Å². The van der Waals surface area contributed by atoms with Gasteiger partial charge in [0, 0.05) is 6.92 Å². The van der Waals surface area contributed by atoms with Crippen molar-refractivity contribution in [3.63, 3.8) is 0 Å². The molecular formula is C16H19N2O4S-. The quantitative estimate of drug-likeness (QED) is 0.659. The average molecular weight is 335 g/mol. The fourth-order valence-electron chi connectivity index (χ4n) is 1.78. The number of carbonyl (C=O) groups is 3. The molecule has 0 unspecified atom stereocenters. The standard InChI is InChI=1S/C16H20N2O4S/c1-11(19)17-14(10-12-6-4-3-5-7-12)15(20)18-13(16(21)22)8-9-23-2/h3-7,10,13H,8-9H2,1-2H3,(H,17,19)(H,18,20)(H,21,22)/p-1/b14-10-/t13-/m1/s1. The average Bonchev–Trinajstić information content (AvgIpc) is 2.50. The normalized spacial score (nSPS) is 12.3. The van der Waals surface area contributed by atoms with Gasteiger partial charge in [-0.3, -0.25) is 9.59 Å². The molecule has 6 nitrogen and oxygen atoms in total. The van der Waals surface area contributed by atoms with Crippen LogP contribution in [0.1, 0.15) is 18.9 Å². The summed E-state index contributed by atoms with van der Waals surface area (Å²) in [4.78, 5) is 34.6. The molecule has 0 aliphatic heterocycles. The number of aliphatic carboxylic acids is 1. The number of amides is 2. The number of carbonyl (C=O) groups excluding carboxylic acids is 3. The van der Waals surface area contributed by atoms with Crippen LogP contribution in [0.3, 0.4) is 0 Å². The molecule has 2 amide bonds. The maximum atomic E-state index is 12.3. The van der Waals surface area contributed by atoms with E-state index in [1.54, 1.807) is 24.3 Å². The number of hydrogen-bond donors (Lipinski definition) is 2. The highest BCUT2D eigenvalue weighted by atomic mass is 32.2. The molecule has 0 bridgehead atoms. The topological polar surface area (TPSA) is 98.3 Å². The Labute approximate surface area is 139 Å². The Morgan fingerprint density at radius 3 is 2.43 bits per heavy atom. The number of benzene rings is 1. The first-order valence-corrected chi connectivity index (χ1v) is 8.38. The fraction of sp³-hybridized carbons (Fsp3) is 0.312. The zero-order valence-corrected chi connectivity index (χ0v) is 13.8. The van der Waals surface area contributed by atoms with Gasteiger partial charge in [-0.05, 0) is 30.1 Å². The molecular weight excluding hydrogens is 316 g/mol. The van der Waals surface area contributed by atoms with Gasteiger partial charge >= 0.3 is 0 Å². The summed E-state index contributed by atoms with van der Waals surface area (Å²) < 4.78 is 0. The lowest BCUT2D eigenvalue weighted by molar-refractivity contribution is -0.308. The lowest BCUT2D eigenvalue weighted by Crippen LogP contribution is -2.49. The summed E-state index contributed by atoms with van der Waals surface area (Å²) in [6, 6.07) is 7.82. The minimum absolute atomic E-state index is 0.0147. The molecule has 0 saturated carbocycles. The van der Waals surface area contributed by atoms with Crippen molar-refractivity contribution in [2.45, 2.75) is 19.4 Å². The van der Waals surface area contributed by atoms with Crippen LogP contribution in [-0.4, -0.2) is 35.8 Å². The van der Waals surface area contributed by atoms with E-state index in [9.17, 15) is 19.5 Å². The first-order valence-electron chi connectivity index (χ1n) is 6.99. The van der Waals surface area contributed by atoms with Gasteiger partial charge in [0.05, 0.1) is 12.0 Å². The van der Waals surface area contributed by atoms with Gasteiger partial charge in [0.2, 0.25) is 5.91 Å². The minimum Gasteiger partial charge on any atom is -0.548 e. The summed E-state index contributed by atoms with van der Waals surface area (Å²) >= 11 is 1.47. The van der Waals surface area contributed by atoms with Gasteiger partial charge in [-0.15, -0.1) is 0 Å². The van der Waals surface area contributed by atoms with Crippen LogP contribution in [0.2, 0.25) is 0 Å². The molecule has 0 fully saturated rings. The van der Waals surface area contributed by atoms with Crippen molar-refractivity contribution in [2.24, 2.45) is 0 Å². The SMILES string of the molecule is CSCC[C@@H](NC(=O)/C(=C/c1ccccc1)NC(C)=O)C(=O)[O-]. The lowest BCUT2D eigenvalue weighted by atomic mass is 10.1. The Balaban J connectivity index is 2.93. The molecule has 0 aliphatic rings. The lowest BCUT2D eigenvalue weighted by Gasteiger charge is -2.20. The van der Waals surface area contributed by atoms with E-state index in [0.717, 1.165) is 0 Å². The van der Waals surface area contributed by atoms with Gasteiger partial charge in [0.1, 0.15) is 5.70 Å². The molecule has 1 atom stereocenters. The van der Waals surface area contributed by atoms with E-state index in [2.05, 4.69) is 10.6 Å². The van der Waals surface area contributed by atoms with Crippen molar-refractivity contribution < 1.29 is 19.5 Å². The number of thioether (sulfide) groups is 1. The van der Waals surface area contributed by atoms with E-state index in [-0.39, 0.29) is 12.1 Å². The first-order chi connectivity index (χ1) is 10.9. The molecule has 1 rings (SSSR count). The van der Waals surface area contributed by atoms with E-state index in [0.29, 0.717) is 11.3 Å². The van der Waals surface area contributed by atoms with E-state index in [1.807, 2.05) is 12.3 Å². The third-order valence-corrected chi connectivity index (χ3v) is 3.51. The summed E-state index contributed by atoms with van der Waals surface area (Å²) in [6.45, 7) is 1.27. The molecule has 0 radical (unpaired) electrons. The second-order valence-corrected chi connectivity index (χ2v) is 5.76. The first kappa shape index (κ1) is 18.8. The highest BCUT2D eigenvalue weighted by Gasteiger charge is 2.17. The summed E-state index contributed by atoms with van der Waals surface area (Å²) in [5.74, 6) is -1.87. The summed E-state index contributed by atoms with van der Waals surface area (Å²) in [5, 5.41) is 15.9. The highest BCUT2D eigenvalue weighted by Crippen LogP contribution is 2.06. The molecule has 1 aromatic rings. The van der Waals surface area contributed by atoms with Crippen LogP contribution < -0.4 is 15.7 Å². The van der Waals surface area contributed by atoms with Crippen molar-refractivity contribution in [3.05, 3.63) is 41.6 Å². The monoisotopic (exact) mass is 335 g/mol. The van der Waals surface area contributed by atoms with Crippen molar-refractivity contribution in [1.29, 1.82) is 0 Å². The molecule has 124 valence electrons. The summed E-state index contributed by atoms with van der Waals surface area (Å²) in [6.07, 6.45) is 3.57. The zero-order valence-electron chi connectivity index (χ0n) is 13.0. The van der Waals surface area contributed by atoms with Crippen LogP contribution >= 0.6 is 11.8 Å². The number of carboxylic acid groups (broad SMARTS) is 1. The molecule has 7 heteroatoms. The molecule has 0 aromatic heterocycles. The second-order valence-electron chi connectivity index (χ2n) is 4.78. The Morgan fingerprint density at radius 2 is 1.91 bits per heavy atom. The van der Waals surface area contributed by atoms with Crippen LogP contribution in [0.4, 0.5) is 0 Å². The largest absolute Gasteiger partial charge is 0.548 e. The molecule has 0 heterocycles. The van der Waals surface area contributed by atoms with Crippen LogP contribution in [0.5, 0.6) is 0 Å². The van der Waals surface area contributed by atoms with Crippen molar-refractivity contribution >= 4 is 35.6 Å². The summed E-state index contributed by atoms with van der Waals surface area (Å²) in [7, 11) is 0. The Hall–Kier alpha value is -2.28. The number of nitrogens with one attached hydrogen (secondary N) is 2. The van der Waals surface area contributed by atoms with Crippen molar-refractivity contribution in [1.82, 2.24) is 10.6 Å². The van der Waals surface area contributed by atoms with Crippen molar-refractivity contribution in [2.75, 3.05) is 12.0 Å². The molecule has 23 heavy (non-hydrogen) atoms. The third-order valence-electron chi connectivity index (χ3n) is 2.87. The fourth-order valence-corrected chi connectivity index (χ4v) is 2.26. The maximum absolute atomic E-state index is 12.3. The van der Waals surface area contributed by atoms with Crippen LogP contribution in [0.15, 0.2) is 36.0 Å². The molecule has 2 N–H and O–H groups in total. The predicted molar refractivity (Wildman–Crippen MR) is 88.2 cm³/mol. The van der Waals surface area contributed by atoms with Gasteiger partial charge in [0.25, 0.3) is 5.91 Å². The van der Waals surface area contributed by atoms with Gasteiger partial charge < -0.3 is 20.5 Å². The minimum atomic E-state index is -1.35.